The highest BCUT2D eigenvalue weighted by Gasteiger charge is 2.52. The smallest absolute Gasteiger partial charge is 0.132 e. The van der Waals surface area contributed by atoms with E-state index in [2.05, 4.69) is 290 Å². The van der Waals surface area contributed by atoms with E-state index in [1.54, 1.807) is 0 Å². The second kappa shape index (κ2) is 16.8. The van der Waals surface area contributed by atoms with Crippen LogP contribution in [-0.4, -0.2) is 0 Å². The highest BCUT2D eigenvalue weighted by atomic mass is 16.5. The number of hydrogen-bond donors (Lipinski definition) is 0. The molecule has 12 aromatic carbocycles. The lowest BCUT2D eigenvalue weighted by Crippen LogP contribution is -2.32. The SMILES string of the molecule is c1ccc(-c2cccc(N(c3ccc(-c4ccc5c(c4)C4(c6ccccc6Oc6ccccc64)c4ccccc4-5)cc3)c3ccccc3-c3ccc4c(c3)C3(c5ccccc5Oc5ccccc53)c3ccccc3-4)c2)cc1. The topological polar surface area (TPSA) is 21.7 Å². The van der Waals surface area contributed by atoms with Crippen molar-refractivity contribution in [3.8, 4) is 78.6 Å². The van der Waals surface area contributed by atoms with Crippen LogP contribution < -0.4 is 14.4 Å². The summed E-state index contributed by atoms with van der Waals surface area (Å²) in [6, 6.07) is 104. The zero-order valence-electron chi connectivity index (χ0n) is 41.9. The molecule has 2 aliphatic heterocycles. The van der Waals surface area contributed by atoms with E-state index >= 15 is 0 Å². The van der Waals surface area contributed by atoms with Gasteiger partial charge in [-0.05, 0) is 139 Å². The van der Waals surface area contributed by atoms with Gasteiger partial charge >= 0.3 is 0 Å². The Bertz CT molecular complexity index is 4270. The summed E-state index contributed by atoms with van der Waals surface area (Å²) in [6.45, 7) is 0. The fourth-order valence-corrected chi connectivity index (χ4v) is 13.7. The molecule has 3 nitrogen and oxygen atoms in total. The summed E-state index contributed by atoms with van der Waals surface area (Å²) in [4.78, 5) is 2.44. The van der Waals surface area contributed by atoms with Crippen LogP contribution in [0.3, 0.4) is 0 Å². The molecule has 0 amide bonds. The molecule has 0 unspecified atom stereocenters. The van der Waals surface area contributed by atoms with E-state index in [1.807, 2.05) is 0 Å². The van der Waals surface area contributed by atoms with Gasteiger partial charge in [0.05, 0.1) is 16.5 Å². The van der Waals surface area contributed by atoms with Crippen LogP contribution in [0, 0.1) is 0 Å². The molecular weight excluding hydrogens is 935 g/mol. The van der Waals surface area contributed by atoms with E-state index in [0.29, 0.717) is 0 Å². The molecule has 360 valence electrons. The summed E-state index contributed by atoms with van der Waals surface area (Å²) in [6.07, 6.45) is 0. The fourth-order valence-electron chi connectivity index (χ4n) is 13.7. The Balaban J connectivity index is 0.862. The number of hydrogen-bond acceptors (Lipinski definition) is 3. The summed E-state index contributed by atoms with van der Waals surface area (Å²) in [5, 5.41) is 0. The maximum atomic E-state index is 6.71. The Labute approximate surface area is 448 Å². The van der Waals surface area contributed by atoms with Gasteiger partial charge in [0.25, 0.3) is 0 Å². The van der Waals surface area contributed by atoms with Crippen LogP contribution in [0.1, 0.15) is 44.5 Å². The van der Waals surface area contributed by atoms with Gasteiger partial charge < -0.3 is 14.4 Å². The molecule has 0 fully saturated rings. The molecule has 0 saturated heterocycles. The molecule has 0 N–H and O–H groups in total. The third-order valence-corrected chi connectivity index (χ3v) is 16.8. The zero-order valence-corrected chi connectivity index (χ0v) is 41.9. The van der Waals surface area contributed by atoms with Crippen molar-refractivity contribution in [1.29, 1.82) is 0 Å². The number of para-hydroxylation sites is 5. The van der Waals surface area contributed by atoms with Crippen LogP contribution in [0.5, 0.6) is 23.0 Å². The third kappa shape index (κ3) is 6.20. The highest BCUT2D eigenvalue weighted by molar-refractivity contribution is 5.95. The number of benzene rings is 12. The summed E-state index contributed by atoms with van der Waals surface area (Å²) in [5.41, 5.74) is 23.7. The first-order valence-electron chi connectivity index (χ1n) is 26.6. The number of nitrogens with zero attached hydrogens (tertiary/aromatic N) is 1. The van der Waals surface area contributed by atoms with Crippen molar-refractivity contribution in [2.75, 3.05) is 4.90 Å². The van der Waals surface area contributed by atoms with Gasteiger partial charge in [-0.3, -0.25) is 0 Å². The van der Waals surface area contributed by atoms with Crippen molar-refractivity contribution in [3.63, 3.8) is 0 Å². The van der Waals surface area contributed by atoms with Gasteiger partial charge in [0.15, 0.2) is 0 Å². The van der Waals surface area contributed by atoms with Gasteiger partial charge in [0.1, 0.15) is 23.0 Å². The molecule has 0 radical (unpaired) electrons. The van der Waals surface area contributed by atoms with E-state index in [9.17, 15) is 0 Å². The second-order valence-electron chi connectivity index (χ2n) is 20.6. The normalized spacial score (nSPS) is 13.9. The Morgan fingerprint density at radius 3 is 1.14 bits per heavy atom. The molecule has 16 rings (SSSR count). The average Bonchev–Trinajstić information content (AvgIpc) is 4.16. The summed E-state index contributed by atoms with van der Waals surface area (Å²) >= 11 is 0. The van der Waals surface area contributed by atoms with Gasteiger partial charge in [0.2, 0.25) is 0 Å². The van der Waals surface area contributed by atoms with Crippen LogP contribution in [0.15, 0.2) is 285 Å². The molecular formula is C74H47NO2. The molecule has 0 aromatic heterocycles. The molecule has 2 heterocycles. The maximum absolute atomic E-state index is 6.71. The first-order chi connectivity index (χ1) is 38.2. The summed E-state index contributed by atoms with van der Waals surface area (Å²) < 4.78 is 13.4. The second-order valence-corrected chi connectivity index (χ2v) is 20.6. The van der Waals surface area contributed by atoms with Gasteiger partial charge in [-0.25, -0.2) is 0 Å². The minimum Gasteiger partial charge on any atom is -0.457 e. The summed E-state index contributed by atoms with van der Waals surface area (Å²) in [5.74, 6) is 3.56. The predicted molar refractivity (Wildman–Crippen MR) is 312 cm³/mol. The number of fused-ring (bicyclic) bond motifs is 18. The lowest BCUT2D eigenvalue weighted by atomic mass is 9.66. The third-order valence-electron chi connectivity index (χ3n) is 16.8. The molecule has 0 atom stereocenters. The lowest BCUT2D eigenvalue weighted by Gasteiger charge is -2.39. The minimum atomic E-state index is -0.584. The summed E-state index contributed by atoms with van der Waals surface area (Å²) in [7, 11) is 0. The number of anilines is 3. The largest absolute Gasteiger partial charge is 0.457 e. The molecule has 4 aliphatic rings. The Morgan fingerprint density at radius 2 is 0.597 bits per heavy atom. The molecule has 0 bridgehead atoms. The Kier molecular flexibility index (Phi) is 9.47. The quantitative estimate of drug-likeness (QED) is 0.166. The van der Waals surface area contributed by atoms with Crippen molar-refractivity contribution in [2.45, 2.75) is 10.8 Å². The lowest BCUT2D eigenvalue weighted by molar-refractivity contribution is 0.436. The van der Waals surface area contributed by atoms with Crippen LogP contribution in [0.2, 0.25) is 0 Å². The number of ether oxygens (including phenoxy) is 2. The molecule has 12 aromatic rings. The molecule has 77 heavy (non-hydrogen) atoms. The zero-order chi connectivity index (χ0) is 50.7. The standard InChI is InChI=1S/C74H47NO2/c1-2-19-48(20-3-1)50-21-18-22-54(45-50)75(53-41-37-49(38-42-53)51-39-43-58-56-24-4-7-26-60(56)73(66(58)46-51)62-28-9-14-33-69(62)76-70-34-15-10-29-63(70)73)68-32-13-6-23-55(68)52-40-44-59-57-25-5-8-27-61(57)74(67(59)47-52)64-30-11-16-35-71(64)77-72-36-17-12-31-65(72)74/h1-47H. The van der Waals surface area contributed by atoms with Crippen LogP contribution in [-0.2, 0) is 10.8 Å². The molecule has 2 spiro atoms. The van der Waals surface area contributed by atoms with Crippen molar-refractivity contribution < 1.29 is 9.47 Å². The highest BCUT2D eigenvalue weighted by Crippen LogP contribution is 2.64. The average molecular weight is 982 g/mol. The molecule has 2 aliphatic carbocycles. The van der Waals surface area contributed by atoms with Crippen LogP contribution in [0.4, 0.5) is 17.1 Å². The van der Waals surface area contributed by atoms with Gasteiger partial charge in [0, 0.05) is 39.2 Å². The van der Waals surface area contributed by atoms with Crippen molar-refractivity contribution in [1.82, 2.24) is 0 Å². The van der Waals surface area contributed by atoms with Crippen LogP contribution in [0.25, 0.3) is 55.6 Å². The molecule has 3 heteroatoms. The van der Waals surface area contributed by atoms with E-state index in [0.717, 1.165) is 90.1 Å². The van der Waals surface area contributed by atoms with Gasteiger partial charge in [-0.1, -0.05) is 218 Å². The first kappa shape index (κ1) is 43.4. The Hall–Kier alpha value is -9.96. The van der Waals surface area contributed by atoms with E-state index in [1.165, 1.54) is 50.1 Å². The van der Waals surface area contributed by atoms with Crippen molar-refractivity contribution in [2.24, 2.45) is 0 Å². The van der Waals surface area contributed by atoms with E-state index in [-0.39, 0.29) is 0 Å². The van der Waals surface area contributed by atoms with Crippen molar-refractivity contribution >= 4 is 17.1 Å². The van der Waals surface area contributed by atoms with E-state index in [4.69, 9.17) is 9.47 Å². The Morgan fingerprint density at radius 1 is 0.221 bits per heavy atom. The predicted octanol–water partition coefficient (Wildman–Crippen LogP) is 19.1. The van der Waals surface area contributed by atoms with Gasteiger partial charge in [-0.2, -0.15) is 0 Å². The minimum absolute atomic E-state index is 0.547. The van der Waals surface area contributed by atoms with Crippen LogP contribution >= 0.6 is 0 Å². The first-order valence-corrected chi connectivity index (χ1v) is 26.6. The monoisotopic (exact) mass is 981 g/mol. The van der Waals surface area contributed by atoms with Gasteiger partial charge in [-0.15, -0.1) is 0 Å². The maximum Gasteiger partial charge on any atom is 0.132 e. The van der Waals surface area contributed by atoms with Crippen molar-refractivity contribution in [3.05, 3.63) is 330 Å². The molecule has 0 saturated carbocycles. The van der Waals surface area contributed by atoms with E-state index < -0.39 is 10.8 Å². The number of rotatable bonds is 6. The fraction of sp³-hybridized carbons (Fsp3) is 0.0270.